The Labute approximate surface area is 192 Å². The molecule has 4 aromatic rings. The topological polar surface area (TPSA) is 79.4 Å². The number of methoxy groups -OCH3 is 1. The van der Waals surface area contributed by atoms with Crippen molar-refractivity contribution in [1.82, 2.24) is 9.88 Å². The number of nitriles is 1. The van der Waals surface area contributed by atoms with E-state index in [1.807, 2.05) is 54.3 Å². The van der Waals surface area contributed by atoms with Gasteiger partial charge in [-0.25, -0.2) is 0 Å². The number of rotatable bonds is 4. The summed E-state index contributed by atoms with van der Waals surface area (Å²) >= 11 is 0. The van der Waals surface area contributed by atoms with Gasteiger partial charge in [0.25, 0.3) is 5.91 Å². The summed E-state index contributed by atoms with van der Waals surface area (Å²) < 4.78 is 11.9. The molecule has 164 valence electrons. The van der Waals surface area contributed by atoms with Crippen molar-refractivity contribution in [3.8, 4) is 34.3 Å². The second kappa shape index (κ2) is 8.10. The maximum absolute atomic E-state index is 12.7. The molecule has 0 atom stereocenters. The van der Waals surface area contributed by atoms with Crippen molar-refractivity contribution < 1.29 is 13.9 Å². The van der Waals surface area contributed by atoms with Crippen molar-refractivity contribution in [2.75, 3.05) is 20.2 Å². The molecular weight excluding hydrogens is 414 g/mol. The molecule has 6 heteroatoms. The quantitative estimate of drug-likeness (QED) is 0.425. The molecule has 0 saturated carbocycles. The summed E-state index contributed by atoms with van der Waals surface area (Å²) in [5.74, 6) is 1.73. The van der Waals surface area contributed by atoms with E-state index in [4.69, 9.17) is 9.15 Å². The van der Waals surface area contributed by atoms with Crippen molar-refractivity contribution in [3.63, 3.8) is 0 Å². The number of fused-ring (bicyclic) bond motifs is 1. The van der Waals surface area contributed by atoms with E-state index in [0.717, 1.165) is 35.3 Å². The number of hydrogen-bond donors (Lipinski definition) is 0. The van der Waals surface area contributed by atoms with Crippen LogP contribution >= 0.6 is 0 Å². The lowest BCUT2D eigenvalue weighted by Gasteiger charge is -2.37. The summed E-state index contributed by atoms with van der Waals surface area (Å²) in [7, 11) is 1.58. The number of aromatic nitrogens is 1. The summed E-state index contributed by atoms with van der Waals surface area (Å²) in [5.41, 5.74) is 6.00. The smallest absolute Gasteiger partial charge is 0.254 e. The van der Waals surface area contributed by atoms with Crippen molar-refractivity contribution in [2.24, 2.45) is 5.92 Å². The average molecular weight is 437 g/mol. The molecule has 0 spiro atoms. The van der Waals surface area contributed by atoms with E-state index in [-0.39, 0.29) is 5.91 Å². The molecule has 0 aliphatic carbocycles. The highest BCUT2D eigenvalue weighted by molar-refractivity contribution is 5.97. The minimum absolute atomic E-state index is 0.0131. The maximum Gasteiger partial charge on any atom is 0.254 e. The second-order valence-corrected chi connectivity index (χ2v) is 8.56. The van der Waals surface area contributed by atoms with Gasteiger partial charge in [-0.15, -0.1) is 0 Å². The molecule has 0 radical (unpaired) electrons. The van der Waals surface area contributed by atoms with Gasteiger partial charge in [-0.1, -0.05) is 19.1 Å². The molecule has 1 aliphatic heterocycles. The van der Waals surface area contributed by atoms with Crippen molar-refractivity contribution >= 4 is 17.0 Å². The predicted molar refractivity (Wildman–Crippen MR) is 126 cm³/mol. The van der Waals surface area contributed by atoms with Gasteiger partial charge in [0.2, 0.25) is 0 Å². The summed E-state index contributed by atoms with van der Waals surface area (Å²) in [6, 6.07) is 17.2. The van der Waals surface area contributed by atoms with Crippen LogP contribution in [-0.4, -0.2) is 36.0 Å². The van der Waals surface area contributed by atoms with E-state index in [2.05, 4.69) is 18.0 Å². The van der Waals surface area contributed by atoms with Crippen LogP contribution in [0, 0.1) is 24.2 Å². The van der Waals surface area contributed by atoms with Crippen molar-refractivity contribution in [2.45, 2.75) is 13.8 Å². The Bertz CT molecular complexity index is 1420. The molecule has 0 bridgehead atoms. The van der Waals surface area contributed by atoms with Crippen molar-refractivity contribution in [1.29, 1.82) is 5.26 Å². The molecule has 33 heavy (non-hydrogen) atoms. The Balaban J connectivity index is 1.55. The fourth-order valence-corrected chi connectivity index (χ4v) is 4.28. The minimum Gasteiger partial charge on any atom is -0.496 e. The summed E-state index contributed by atoms with van der Waals surface area (Å²) in [5, 5.41) is 9.41. The zero-order valence-corrected chi connectivity index (χ0v) is 18.8. The van der Waals surface area contributed by atoms with E-state index in [1.165, 1.54) is 0 Å². The fourth-order valence-electron chi connectivity index (χ4n) is 4.28. The molecule has 1 saturated heterocycles. The number of carbonyl (C=O) groups is 1. The predicted octanol–water partition coefficient (Wildman–Crippen LogP) is 5.44. The number of aryl methyl sites for hydroxylation is 1. The van der Waals surface area contributed by atoms with E-state index in [9.17, 15) is 10.1 Å². The average Bonchev–Trinajstić information content (AvgIpc) is 3.26. The lowest BCUT2D eigenvalue weighted by Crippen LogP contribution is -2.48. The highest BCUT2D eigenvalue weighted by Crippen LogP contribution is 2.38. The number of benzene rings is 2. The first-order chi connectivity index (χ1) is 16.0. The molecule has 1 aliphatic rings. The molecule has 5 rings (SSSR count). The van der Waals surface area contributed by atoms with E-state index < -0.39 is 0 Å². The Morgan fingerprint density at radius 3 is 2.70 bits per heavy atom. The van der Waals surface area contributed by atoms with Gasteiger partial charge in [-0.3, -0.25) is 9.78 Å². The number of carbonyl (C=O) groups excluding carboxylic acids is 1. The molecule has 0 unspecified atom stereocenters. The zero-order valence-electron chi connectivity index (χ0n) is 18.8. The van der Waals surface area contributed by atoms with Gasteiger partial charge < -0.3 is 14.1 Å². The molecule has 1 amide bonds. The van der Waals surface area contributed by atoms with Gasteiger partial charge in [0, 0.05) is 36.5 Å². The normalized spacial score (nSPS) is 13.6. The lowest BCUT2D eigenvalue weighted by atomic mass is 10.00. The lowest BCUT2D eigenvalue weighted by molar-refractivity contribution is 0.0530. The third-order valence-corrected chi connectivity index (χ3v) is 6.15. The summed E-state index contributed by atoms with van der Waals surface area (Å²) in [6.07, 6.45) is 1.73. The van der Waals surface area contributed by atoms with Crippen LogP contribution in [0.3, 0.4) is 0 Å². The fraction of sp³-hybridized carbons (Fsp3) is 0.222. The van der Waals surface area contributed by atoms with Gasteiger partial charge in [0.15, 0.2) is 5.58 Å². The molecular formula is C27H23N3O3. The third kappa shape index (κ3) is 3.62. The van der Waals surface area contributed by atoms with E-state index in [1.54, 1.807) is 19.4 Å². The van der Waals surface area contributed by atoms with Crippen LogP contribution in [0.5, 0.6) is 5.75 Å². The Morgan fingerprint density at radius 2 is 1.97 bits per heavy atom. The summed E-state index contributed by atoms with van der Waals surface area (Å²) in [4.78, 5) is 19.0. The maximum atomic E-state index is 12.7. The zero-order chi connectivity index (χ0) is 23.1. The van der Waals surface area contributed by atoms with Gasteiger partial charge >= 0.3 is 0 Å². The number of nitrogens with zero attached hydrogens (tertiary/aromatic N) is 3. The third-order valence-electron chi connectivity index (χ3n) is 6.15. The highest BCUT2D eigenvalue weighted by atomic mass is 16.5. The van der Waals surface area contributed by atoms with E-state index in [0.29, 0.717) is 39.7 Å². The summed E-state index contributed by atoms with van der Waals surface area (Å²) in [6.45, 7) is 5.62. The Morgan fingerprint density at radius 1 is 1.15 bits per heavy atom. The first-order valence-corrected chi connectivity index (χ1v) is 10.9. The van der Waals surface area contributed by atoms with Crippen LogP contribution in [0.4, 0.5) is 0 Å². The van der Waals surface area contributed by atoms with Crippen LogP contribution in [-0.2, 0) is 0 Å². The van der Waals surface area contributed by atoms with Gasteiger partial charge in [-0.2, -0.15) is 5.26 Å². The van der Waals surface area contributed by atoms with Gasteiger partial charge in [-0.05, 0) is 54.3 Å². The van der Waals surface area contributed by atoms with Gasteiger partial charge in [0.1, 0.15) is 17.0 Å². The van der Waals surface area contributed by atoms with Crippen LogP contribution in [0.2, 0.25) is 0 Å². The Kier molecular flexibility index (Phi) is 5.10. The molecule has 1 fully saturated rings. The highest BCUT2D eigenvalue weighted by Gasteiger charge is 2.28. The SMILES string of the molecule is COc1cc(C(=O)N2CC(C)C2)ccc1-c1cc2nccc(-c3ccc(C)c(C#N)c3)c2o1. The van der Waals surface area contributed by atoms with Crippen LogP contribution in [0.1, 0.15) is 28.4 Å². The number of likely N-dealkylation sites (tertiary alicyclic amines) is 1. The largest absolute Gasteiger partial charge is 0.496 e. The number of hydrogen-bond acceptors (Lipinski definition) is 5. The molecule has 6 nitrogen and oxygen atoms in total. The van der Waals surface area contributed by atoms with Gasteiger partial charge in [0.05, 0.1) is 24.3 Å². The standard InChI is InChI=1S/C27H23N3O3/c1-16-14-30(15-16)27(31)19-6-7-22(24(11-19)32-3)25-12-23-26(33-25)21(8-9-29-23)18-5-4-17(2)20(10-18)13-28/h4-12,16H,14-15H2,1-3H3. The number of ether oxygens (including phenoxy) is 1. The molecule has 3 heterocycles. The number of furan rings is 1. The first-order valence-electron chi connectivity index (χ1n) is 10.9. The molecule has 2 aromatic carbocycles. The van der Waals surface area contributed by atoms with Crippen molar-refractivity contribution in [3.05, 3.63) is 71.4 Å². The van der Waals surface area contributed by atoms with Crippen LogP contribution < -0.4 is 4.74 Å². The van der Waals surface area contributed by atoms with Crippen LogP contribution in [0.15, 0.2) is 59.1 Å². The molecule has 2 aromatic heterocycles. The molecule has 0 N–H and O–H groups in total. The minimum atomic E-state index is 0.0131. The van der Waals surface area contributed by atoms with Crippen LogP contribution in [0.25, 0.3) is 33.6 Å². The first kappa shape index (κ1) is 20.8. The monoisotopic (exact) mass is 437 g/mol. The number of pyridine rings is 1. The Hall–Kier alpha value is -4.11. The second-order valence-electron chi connectivity index (χ2n) is 8.56. The number of amides is 1. The van der Waals surface area contributed by atoms with E-state index >= 15 is 0 Å².